The standard InChI is InChI=1S/C20H17ClN2O2S/c1-2-25-17-10-6-15(7-11-17)18-13-26-20(22-18)23-19(24)12-5-14-3-8-16(21)9-4-14/h3-13H,2H2,1H3,(H,22,23,24). The van der Waals surface area contributed by atoms with E-state index >= 15 is 0 Å². The molecule has 4 nitrogen and oxygen atoms in total. The third kappa shape index (κ3) is 4.94. The number of rotatable bonds is 6. The summed E-state index contributed by atoms with van der Waals surface area (Å²) in [7, 11) is 0. The van der Waals surface area contributed by atoms with Gasteiger partial charge in [0.15, 0.2) is 5.13 Å². The molecule has 1 N–H and O–H groups in total. The number of benzene rings is 2. The number of hydrogen-bond acceptors (Lipinski definition) is 4. The number of amides is 1. The Bertz CT molecular complexity index is 902. The van der Waals surface area contributed by atoms with E-state index in [9.17, 15) is 4.79 Å². The average molecular weight is 385 g/mol. The van der Waals surface area contributed by atoms with Gasteiger partial charge >= 0.3 is 0 Å². The predicted octanol–water partition coefficient (Wildman–Crippen LogP) is 5.51. The fourth-order valence-corrected chi connectivity index (χ4v) is 3.09. The van der Waals surface area contributed by atoms with Gasteiger partial charge in [0.25, 0.3) is 0 Å². The Hall–Kier alpha value is -2.63. The molecule has 0 bridgehead atoms. The lowest BCUT2D eigenvalue weighted by Crippen LogP contribution is -2.07. The molecule has 0 fully saturated rings. The molecule has 132 valence electrons. The molecule has 1 aromatic heterocycles. The summed E-state index contributed by atoms with van der Waals surface area (Å²) in [5, 5.41) is 5.91. The van der Waals surface area contributed by atoms with Crippen LogP contribution in [-0.2, 0) is 4.79 Å². The predicted molar refractivity (Wildman–Crippen MR) is 108 cm³/mol. The zero-order valence-electron chi connectivity index (χ0n) is 14.1. The van der Waals surface area contributed by atoms with Crippen molar-refractivity contribution in [2.24, 2.45) is 0 Å². The average Bonchev–Trinajstić information content (AvgIpc) is 3.10. The molecule has 0 saturated carbocycles. The van der Waals surface area contributed by atoms with Crippen LogP contribution in [0.4, 0.5) is 5.13 Å². The minimum absolute atomic E-state index is 0.229. The Labute approximate surface area is 161 Å². The number of carbonyl (C=O) groups excluding carboxylic acids is 1. The molecular weight excluding hydrogens is 368 g/mol. The van der Waals surface area contributed by atoms with Crippen molar-refractivity contribution in [2.45, 2.75) is 6.92 Å². The first-order valence-electron chi connectivity index (χ1n) is 8.07. The van der Waals surface area contributed by atoms with Crippen LogP contribution >= 0.6 is 22.9 Å². The molecule has 3 aromatic rings. The number of carbonyl (C=O) groups is 1. The number of thiazole rings is 1. The highest BCUT2D eigenvalue weighted by Crippen LogP contribution is 2.26. The molecule has 0 radical (unpaired) electrons. The summed E-state index contributed by atoms with van der Waals surface area (Å²) < 4.78 is 5.43. The number of ether oxygens (including phenoxy) is 1. The molecule has 0 atom stereocenters. The highest BCUT2D eigenvalue weighted by Gasteiger charge is 2.07. The summed E-state index contributed by atoms with van der Waals surface area (Å²) in [5.41, 5.74) is 2.69. The van der Waals surface area contributed by atoms with Gasteiger partial charge in [0.2, 0.25) is 5.91 Å². The second-order valence-corrected chi connectivity index (χ2v) is 6.66. The first-order chi connectivity index (χ1) is 12.6. The van der Waals surface area contributed by atoms with Crippen molar-refractivity contribution in [2.75, 3.05) is 11.9 Å². The lowest BCUT2D eigenvalue weighted by Gasteiger charge is -2.03. The Balaban J connectivity index is 1.62. The van der Waals surface area contributed by atoms with E-state index < -0.39 is 0 Å². The smallest absolute Gasteiger partial charge is 0.250 e. The molecule has 3 rings (SSSR count). The molecule has 0 unspecified atom stereocenters. The summed E-state index contributed by atoms with van der Waals surface area (Å²) in [4.78, 5) is 16.5. The SMILES string of the molecule is CCOc1ccc(-c2csc(NC(=O)C=Cc3ccc(Cl)cc3)n2)cc1. The maximum atomic E-state index is 12.0. The Morgan fingerprint density at radius 2 is 1.92 bits per heavy atom. The van der Waals surface area contributed by atoms with Crippen LogP contribution in [0.1, 0.15) is 12.5 Å². The van der Waals surface area contributed by atoms with Crippen LogP contribution in [0.15, 0.2) is 60.0 Å². The molecule has 6 heteroatoms. The van der Waals surface area contributed by atoms with Gasteiger partial charge in [-0.05, 0) is 55.0 Å². The number of hydrogen-bond donors (Lipinski definition) is 1. The minimum atomic E-state index is -0.229. The summed E-state index contributed by atoms with van der Waals surface area (Å²) in [6, 6.07) is 15.0. The number of anilines is 1. The van der Waals surface area contributed by atoms with Crippen molar-refractivity contribution in [1.29, 1.82) is 0 Å². The highest BCUT2D eigenvalue weighted by atomic mass is 35.5. The molecule has 0 aliphatic carbocycles. The highest BCUT2D eigenvalue weighted by molar-refractivity contribution is 7.14. The monoisotopic (exact) mass is 384 g/mol. The van der Waals surface area contributed by atoms with Crippen LogP contribution in [0.2, 0.25) is 5.02 Å². The Morgan fingerprint density at radius 1 is 1.19 bits per heavy atom. The topological polar surface area (TPSA) is 51.2 Å². The van der Waals surface area contributed by atoms with E-state index in [0.29, 0.717) is 16.8 Å². The second kappa shape index (κ2) is 8.65. The molecule has 0 spiro atoms. The van der Waals surface area contributed by atoms with Gasteiger partial charge in [-0.15, -0.1) is 11.3 Å². The molecule has 0 aliphatic heterocycles. The van der Waals surface area contributed by atoms with Crippen molar-refractivity contribution in [1.82, 2.24) is 4.98 Å². The normalized spacial score (nSPS) is 10.8. The van der Waals surface area contributed by atoms with E-state index in [-0.39, 0.29) is 5.91 Å². The van der Waals surface area contributed by atoms with Crippen LogP contribution in [0.5, 0.6) is 5.75 Å². The van der Waals surface area contributed by atoms with Crippen molar-refractivity contribution in [3.8, 4) is 17.0 Å². The number of nitrogens with zero attached hydrogens (tertiary/aromatic N) is 1. The van der Waals surface area contributed by atoms with E-state index in [1.165, 1.54) is 17.4 Å². The van der Waals surface area contributed by atoms with Gasteiger partial charge in [-0.2, -0.15) is 0 Å². The van der Waals surface area contributed by atoms with Gasteiger partial charge < -0.3 is 4.74 Å². The molecule has 26 heavy (non-hydrogen) atoms. The number of nitrogens with one attached hydrogen (secondary N) is 1. The van der Waals surface area contributed by atoms with Crippen LogP contribution in [0, 0.1) is 0 Å². The summed E-state index contributed by atoms with van der Waals surface area (Å²) in [6.45, 7) is 2.58. The third-order valence-electron chi connectivity index (χ3n) is 3.49. The fourth-order valence-electron chi connectivity index (χ4n) is 2.25. The van der Waals surface area contributed by atoms with E-state index in [1.54, 1.807) is 18.2 Å². The third-order valence-corrected chi connectivity index (χ3v) is 4.50. The summed E-state index contributed by atoms with van der Waals surface area (Å²) >= 11 is 7.23. The minimum Gasteiger partial charge on any atom is -0.494 e. The largest absolute Gasteiger partial charge is 0.494 e. The molecule has 0 saturated heterocycles. The quantitative estimate of drug-likeness (QED) is 0.570. The van der Waals surface area contributed by atoms with Crippen LogP contribution in [0.3, 0.4) is 0 Å². The van der Waals surface area contributed by atoms with E-state index in [1.807, 2.05) is 48.7 Å². The zero-order chi connectivity index (χ0) is 18.4. The molecule has 1 amide bonds. The van der Waals surface area contributed by atoms with Crippen molar-refractivity contribution in [3.05, 3.63) is 70.6 Å². The Kier molecular flexibility index (Phi) is 6.04. The lowest BCUT2D eigenvalue weighted by atomic mass is 10.2. The molecule has 1 heterocycles. The lowest BCUT2D eigenvalue weighted by molar-refractivity contribution is -0.111. The second-order valence-electron chi connectivity index (χ2n) is 5.37. The number of halogens is 1. The van der Waals surface area contributed by atoms with Gasteiger partial charge in [0.1, 0.15) is 5.75 Å². The van der Waals surface area contributed by atoms with E-state index in [2.05, 4.69) is 10.3 Å². The number of aromatic nitrogens is 1. The van der Waals surface area contributed by atoms with Crippen LogP contribution in [0.25, 0.3) is 17.3 Å². The van der Waals surface area contributed by atoms with Crippen molar-refractivity contribution >= 4 is 40.1 Å². The first kappa shape index (κ1) is 18.2. The van der Waals surface area contributed by atoms with Crippen LogP contribution < -0.4 is 10.1 Å². The summed E-state index contributed by atoms with van der Waals surface area (Å²) in [6.07, 6.45) is 3.20. The van der Waals surface area contributed by atoms with Gasteiger partial charge in [0.05, 0.1) is 12.3 Å². The van der Waals surface area contributed by atoms with Crippen molar-refractivity contribution in [3.63, 3.8) is 0 Å². The Morgan fingerprint density at radius 3 is 2.62 bits per heavy atom. The van der Waals surface area contributed by atoms with Gasteiger partial charge in [-0.25, -0.2) is 4.98 Å². The maximum Gasteiger partial charge on any atom is 0.250 e. The van der Waals surface area contributed by atoms with E-state index in [0.717, 1.165) is 22.6 Å². The zero-order valence-corrected chi connectivity index (χ0v) is 15.7. The van der Waals surface area contributed by atoms with Crippen LogP contribution in [-0.4, -0.2) is 17.5 Å². The van der Waals surface area contributed by atoms with Gasteiger partial charge in [-0.3, -0.25) is 10.1 Å². The van der Waals surface area contributed by atoms with Crippen molar-refractivity contribution < 1.29 is 9.53 Å². The molecule has 2 aromatic carbocycles. The molecule has 0 aliphatic rings. The molecular formula is C20H17ClN2O2S. The van der Waals surface area contributed by atoms with Gasteiger partial charge in [0, 0.05) is 22.0 Å². The summed E-state index contributed by atoms with van der Waals surface area (Å²) in [5.74, 6) is 0.597. The maximum absolute atomic E-state index is 12.0. The van der Waals surface area contributed by atoms with E-state index in [4.69, 9.17) is 16.3 Å². The first-order valence-corrected chi connectivity index (χ1v) is 9.33. The van der Waals surface area contributed by atoms with Gasteiger partial charge in [-0.1, -0.05) is 23.7 Å². The fraction of sp³-hybridized carbons (Fsp3) is 0.100.